The van der Waals surface area contributed by atoms with Crippen LogP contribution in [-0.2, 0) is 16.1 Å². The summed E-state index contributed by atoms with van der Waals surface area (Å²) in [5, 5.41) is 11.7. The second kappa shape index (κ2) is 8.33. The van der Waals surface area contributed by atoms with Crippen LogP contribution in [0.15, 0.2) is 24.3 Å². The summed E-state index contributed by atoms with van der Waals surface area (Å²) in [6, 6.07) is 6.11. The Labute approximate surface area is 140 Å². The van der Waals surface area contributed by atoms with Gasteiger partial charge >= 0.3 is 18.0 Å². The number of rotatable bonds is 5. The van der Waals surface area contributed by atoms with E-state index < -0.39 is 5.97 Å². The molecule has 1 atom stereocenters. The predicted molar refractivity (Wildman–Crippen MR) is 86.6 cm³/mol. The normalized spacial score (nSPS) is 17.2. The first-order valence-corrected chi connectivity index (χ1v) is 8.03. The van der Waals surface area contributed by atoms with Crippen molar-refractivity contribution in [3.8, 4) is 0 Å². The standard InChI is InChI=1S/C17H22N2O5/c1-2-24-16(22)14-4-3-9-19(11-14)17(23)18-10-12-5-7-13(8-6-12)15(20)21/h5-8,14H,2-4,9-11H2,1H3,(H,18,23)(H,20,21)/t14-/m1/s1. The van der Waals surface area contributed by atoms with E-state index in [0.717, 1.165) is 18.4 Å². The number of carboxylic acids is 1. The Morgan fingerprint density at radius 2 is 2.00 bits per heavy atom. The quantitative estimate of drug-likeness (QED) is 0.802. The number of esters is 1. The molecular weight excluding hydrogens is 312 g/mol. The molecule has 0 spiro atoms. The number of piperidine rings is 1. The van der Waals surface area contributed by atoms with Gasteiger partial charge < -0.3 is 20.1 Å². The lowest BCUT2D eigenvalue weighted by molar-refractivity contribution is -0.149. The summed E-state index contributed by atoms with van der Waals surface area (Å²) in [6.45, 7) is 3.39. The molecule has 1 aliphatic heterocycles. The lowest BCUT2D eigenvalue weighted by Gasteiger charge is -2.31. The van der Waals surface area contributed by atoms with Crippen molar-refractivity contribution in [3.05, 3.63) is 35.4 Å². The van der Waals surface area contributed by atoms with Crippen molar-refractivity contribution in [2.45, 2.75) is 26.3 Å². The van der Waals surface area contributed by atoms with E-state index >= 15 is 0 Å². The minimum atomic E-state index is -0.982. The van der Waals surface area contributed by atoms with Crippen molar-refractivity contribution >= 4 is 18.0 Å². The highest BCUT2D eigenvalue weighted by atomic mass is 16.5. The summed E-state index contributed by atoms with van der Waals surface area (Å²) in [4.78, 5) is 36.5. The highest BCUT2D eigenvalue weighted by Crippen LogP contribution is 2.18. The van der Waals surface area contributed by atoms with Gasteiger partial charge in [-0.1, -0.05) is 12.1 Å². The molecule has 1 saturated heterocycles. The molecule has 1 fully saturated rings. The van der Waals surface area contributed by atoms with E-state index in [9.17, 15) is 14.4 Å². The number of urea groups is 1. The molecule has 2 amide bonds. The predicted octanol–water partition coefficient (Wildman–Crippen LogP) is 1.87. The minimum absolute atomic E-state index is 0.207. The number of carboxylic acid groups (broad SMARTS) is 1. The van der Waals surface area contributed by atoms with Gasteiger partial charge in [-0.05, 0) is 37.5 Å². The molecule has 1 aliphatic rings. The lowest BCUT2D eigenvalue weighted by atomic mass is 9.98. The van der Waals surface area contributed by atoms with Crippen LogP contribution in [0.3, 0.4) is 0 Å². The van der Waals surface area contributed by atoms with Crippen LogP contribution >= 0.6 is 0 Å². The van der Waals surface area contributed by atoms with E-state index in [1.165, 1.54) is 12.1 Å². The van der Waals surface area contributed by atoms with Gasteiger partial charge in [0.1, 0.15) is 0 Å². The Bertz CT molecular complexity index is 600. The molecule has 0 unspecified atom stereocenters. The van der Waals surface area contributed by atoms with Crippen molar-refractivity contribution in [3.63, 3.8) is 0 Å². The number of amides is 2. The molecule has 0 bridgehead atoms. The number of nitrogens with zero attached hydrogens (tertiary/aromatic N) is 1. The molecule has 130 valence electrons. The highest BCUT2D eigenvalue weighted by Gasteiger charge is 2.29. The number of nitrogens with one attached hydrogen (secondary N) is 1. The van der Waals surface area contributed by atoms with E-state index in [1.54, 1.807) is 24.0 Å². The molecule has 0 aromatic heterocycles. The number of hydrogen-bond donors (Lipinski definition) is 2. The first kappa shape index (κ1) is 17.8. The van der Waals surface area contributed by atoms with Crippen LogP contribution in [0.5, 0.6) is 0 Å². The average Bonchev–Trinajstić information content (AvgIpc) is 2.60. The lowest BCUT2D eigenvalue weighted by Crippen LogP contribution is -2.47. The Morgan fingerprint density at radius 1 is 1.29 bits per heavy atom. The molecule has 1 heterocycles. The zero-order valence-corrected chi connectivity index (χ0v) is 13.7. The summed E-state index contributed by atoms with van der Waals surface area (Å²) < 4.78 is 5.02. The first-order valence-electron chi connectivity index (χ1n) is 8.03. The summed E-state index contributed by atoms with van der Waals surface area (Å²) in [5.74, 6) is -1.50. The summed E-state index contributed by atoms with van der Waals surface area (Å²) in [5.41, 5.74) is 1.02. The SMILES string of the molecule is CCOC(=O)[C@@H]1CCCN(C(=O)NCc2ccc(C(=O)O)cc2)C1. The molecule has 2 N–H and O–H groups in total. The fraction of sp³-hybridized carbons (Fsp3) is 0.471. The fourth-order valence-electron chi connectivity index (χ4n) is 2.67. The van der Waals surface area contributed by atoms with Gasteiger partial charge in [0.2, 0.25) is 0 Å². The van der Waals surface area contributed by atoms with E-state index in [1.807, 2.05) is 0 Å². The third-order valence-electron chi connectivity index (χ3n) is 3.97. The third kappa shape index (κ3) is 4.71. The van der Waals surface area contributed by atoms with Crippen LogP contribution in [0.4, 0.5) is 4.79 Å². The fourth-order valence-corrected chi connectivity index (χ4v) is 2.67. The average molecular weight is 334 g/mol. The summed E-state index contributed by atoms with van der Waals surface area (Å²) in [6.07, 6.45) is 1.50. The van der Waals surface area contributed by atoms with E-state index in [-0.39, 0.29) is 23.5 Å². The van der Waals surface area contributed by atoms with Gasteiger partial charge in [-0.2, -0.15) is 0 Å². The maximum atomic E-state index is 12.2. The van der Waals surface area contributed by atoms with Crippen molar-refractivity contribution in [2.24, 2.45) is 5.92 Å². The van der Waals surface area contributed by atoms with Crippen LogP contribution in [0.1, 0.15) is 35.7 Å². The van der Waals surface area contributed by atoms with Gasteiger partial charge in [0.15, 0.2) is 0 Å². The van der Waals surface area contributed by atoms with Crippen molar-refractivity contribution in [2.75, 3.05) is 19.7 Å². The number of likely N-dealkylation sites (tertiary alicyclic amines) is 1. The van der Waals surface area contributed by atoms with Gasteiger partial charge in [-0.25, -0.2) is 9.59 Å². The molecule has 0 saturated carbocycles. The molecule has 0 aliphatic carbocycles. The molecule has 7 nitrogen and oxygen atoms in total. The van der Waals surface area contributed by atoms with E-state index in [0.29, 0.717) is 26.2 Å². The van der Waals surface area contributed by atoms with Crippen molar-refractivity contribution in [1.29, 1.82) is 0 Å². The van der Waals surface area contributed by atoms with E-state index in [2.05, 4.69) is 5.32 Å². The number of carbonyl (C=O) groups excluding carboxylic acids is 2. The zero-order chi connectivity index (χ0) is 17.5. The van der Waals surface area contributed by atoms with Gasteiger partial charge in [-0.3, -0.25) is 4.79 Å². The third-order valence-corrected chi connectivity index (χ3v) is 3.97. The van der Waals surface area contributed by atoms with Gasteiger partial charge in [0.05, 0.1) is 18.1 Å². The van der Waals surface area contributed by atoms with Gasteiger partial charge in [0.25, 0.3) is 0 Å². The van der Waals surface area contributed by atoms with Crippen molar-refractivity contribution in [1.82, 2.24) is 10.2 Å². The van der Waals surface area contributed by atoms with Crippen molar-refractivity contribution < 1.29 is 24.2 Å². The Balaban J connectivity index is 1.85. The Morgan fingerprint density at radius 3 is 2.62 bits per heavy atom. The van der Waals surface area contributed by atoms with Gasteiger partial charge in [-0.15, -0.1) is 0 Å². The maximum Gasteiger partial charge on any atom is 0.335 e. The van der Waals surface area contributed by atoms with Crippen LogP contribution in [0, 0.1) is 5.92 Å². The van der Waals surface area contributed by atoms with Crippen LogP contribution < -0.4 is 5.32 Å². The van der Waals surface area contributed by atoms with Crippen LogP contribution in [-0.4, -0.2) is 47.7 Å². The largest absolute Gasteiger partial charge is 0.478 e. The van der Waals surface area contributed by atoms with Crippen LogP contribution in [0.2, 0.25) is 0 Å². The highest BCUT2D eigenvalue weighted by molar-refractivity contribution is 5.87. The molecule has 2 rings (SSSR count). The summed E-state index contributed by atoms with van der Waals surface area (Å²) >= 11 is 0. The topological polar surface area (TPSA) is 95.9 Å². The molecule has 24 heavy (non-hydrogen) atoms. The second-order valence-corrected chi connectivity index (χ2v) is 5.70. The number of aromatic carboxylic acids is 1. The second-order valence-electron chi connectivity index (χ2n) is 5.70. The Hall–Kier alpha value is -2.57. The molecule has 0 radical (unpaired) electrons. The first-order chi connectivity index (χ1) is 11.5. The minimum Gasteiger partial charge on any atom is -0.478 e. The van der Waals surface area contributed by atoms with E-state index in [4.69, 9.17) is 9.84 Å². The Kier molecular flexibility index (Phi) is 6.17. The zero-order valence-electron chi connectivity index (χ0n) is 13.7. The molecular formula is C17H22N2O5. The number of benzene rings is 1. The molecule has 1 aromatic rings. The maximum absolute atomic E-state index is 12.2. The van der Waals surface area contributed by atoms with Gasteiger partial charge in [0, 0.05) is 19.6 Å². The monoisotopic (exact) mass is 334 g/mol. The smallest absolute Gasteiger partial charge is 0.335 e. The van der Waals surface area contributed by atoms with Crippen LogP contribution in [0.25, 0.3) is 0 Å². The summed E-state index contributed by atoms with van der Waals surface area (Å²) in [7, 11) is 0. The molecule has 7 heteroatoms. The number of carbonyl (C=O) groups is 3. The molecule has 1 aromatic carbocycles. The number of ether oxygens (including phenoxy) is 1. The number of hydrogen-bond acceptors (Lipinski definition) is 4.